The Hall–Kier alpha value is -2.62. The molecule has 2 N–H and O–H groups in total. The van der Waals surface area contributed by atoms with Gasteiger partial charge in [0.25, 0.3) is 0 Å². The first-order valence-electron chi connectivity index (χ1n) is 8.72. The van der Waals surface area contributed by atoms with Gasteiger partial charge in [-0.15, -0.1) is 0 Å². The molecule has 2 aromatic carbocycles. The van der Waals surface area contributed by atoms with E-state index in [1.165, 1.54) is 6.92 Å². The summed E-state index contributed by atoms with van der Waals surface area (Å²) in [4.78, 5) is 24.1. The summed E-state index contributed by atoms with van der Waals surface area (Å²) in [6, 6.07) is 17.1. The van der Waals surface area contributed by atoms with Crippen molar-refractivity contribution in [3.8, 4) is 0 Å². The van der Waals surface area contributed by atoms with Crippen molar-refractivity contribution in [2.24, 2.45) is 0 Å². The van der Waals surface area contributed by atoms with Crippen LogP contribution in [0.1, 0.15) is 56.7 Å². The van der Waals surface area contributed by atoms with E-state index < -0.39 is 0 Å². The van der Waals surface area contributed by atoms with Gasteiger partial charge in [0.1, 0.15) is 0 Å². The van der Waals surface area contributed by atoms with Crippen molar-refractivity contribution in [3.05, 3.63) is 65.7 Å². The van der Waals surface area contributed by atoms with Crippen LogP contribution in [0.2, 0.25) is 0 Å². The minimum atomic E-state index is -0.338. The summed E-state index contributed by atoms with van der Waals surface area (Å²) in [5, 5.41) is 5.87. The summed E-state index contributed by atoms with van der Waals surface area (Å²) in [6.07, 6.45) is 1.20. The summed E-state index contributed by atoms with van der Waals surface area (Å²) in [6.45, 7) is 5.74. The molecule has 0 bridgehead atoms. The Bertz CT molecular complexity index is 713. The van der Waals surface area contributed by atoms with Crippen LogP contribution >= 0.6 is 0 Å². The quantitative estimate of drug-likeness (QED) is 0.786. The Morgan fingerprint density at radius 3 is 2.28 bits per heavy atom. The molecule has 2 atom stereocenters. The highest BCUT2D eigenvalue weighted by molar-refractivity contribution is 5.92. The van der Waals surface area contributed by atoms with E-state index in [2.05, 4.69) is 24.5 Å². The largest absolute Gasteiger partial charge is 0.349 e. The topological polar surface area (TPSA) is 58.2 Å². The lowest BCUT2D eigenvalue weighted by Crippen LogP contribution is -2.29. The molecule has 4 nitrogen and oxygen atoms in total. The predicted octanol–water partition coefficient (Wildman–Crippen LogP) is 4.41. The fourth-order valence-corrected chi connectivity index (χ4v) is 2.83. The van der Waals surface area contributed by atoms with E-state index in [4.69, 9.17) is 0 Å². The maximum absolute atomic E-state index is 12.6. The first-order chi connectivity index (χ1) is 12.0. The van der Waals surface area contributed by atoms with Gasteiger partial charge in [-0.2, -0.15) is 0 Å². The lowest BCUT2D eigenvalue weighted by atomic mass is 9.96. The smallest absolute Gasteiger partial charge is 0.226 e. The second-order valence-corrected chi connectivity index (χ2v) is 6.31. The molecule has 0 heterocycles. The predicted molar refractivity (Wildman–Crippen MR) is 101 cm³/mol. The van der Waals surface area contributed by atoms with Crippen molar-refractivity contribution in [1.29, 1.82) is 0 Å². The van der Waals surface area contributed by atoms with Gasteiger partial charge in [0.05, 0.1) is 12.5 Å². The Morgan fingerprint density at radius 1 is 1.00 bits per heavy atom. The van der Waals surface area contributed by atoms with Crippen LogP contribution in [0.3, 0.4) is 0 Å². The second kappa shape index (κ2) is 9.02. The van der Waals surface area contributed by atoms with Crippen molar-refractivity contribution in [2.45, 2.75) is 45.6 Å². The van der Waals surface area contributed by atoms with E-state index in [-0.39, 0.29) is 24.3 Å². The number of anilines is 1. The highest BCUT2D eigenvalue weighted by atomic mass is 16.2. The van der Waals surface area contributed by atoms with Crippen molar-refractivity contribution in [2.75, 3.05) is 5.32 Å². The van der Waals surface area contributed by atoms with Crippen LogP contribution in [0, 0.1) is 0 Å². The molecule has 2 aromatic rings. The number of carbonyl (C=O) groups excluding carboxylic acids is 2. The molecule has 0 aliphatic heterocycles. The molecule has 2 rings (SSSR count). The monoisotopic (exact) mass is 338 g/mol. The minimum absolute atomic E-state index is 0.113. The van der Waals surface area contributed by atoms with Crippen LogP contribution < -0.4 is 10.6 Å². The Balaban J connectivity index is 2.13. The molecule has 0 aromatic heterocycles. The molecule has 132 valence electrons. The highest BCUT2D eigenvalue weighted by Crippen LogP contribution is 2.27. The van der Waals surface area contributed by atoms with E-state index in [0.717, 1.165) is 23.2 Å². The van der Waals surface area contributed by atoms with Crippen LogP contribution in [0.25, 0.3) is 0 Å². The summed E-state index contributed by atoms with van der Waals surface area (Å²) >= 11 is 0. The second-order valence-electron chi connectivity index (χ2n) is 6.31. The maximum atomic E-state index is 12.6. The van der Waals surface area contributed by atoms with Crippen molar-refractivity contribution < 1.29 is 9.59 Å². The maximum Gasteiger partial charge on any atom is 0.226 e. The van der Waals surface area contributed by atoms with Gasteiger partial charge >= 0.3 is 0 Å². The molecule has 0 aliphatic rings. The standard InChI is InChI=1S/C21H26N2O2/c1-4-15(2)18-12-8-9-13-19(18)23-21(25)14-20(22-16(3)24)17-10-6-5-7-11-17/h5-13,15,20H,4,14H2,1-3H3,(H,22,24)(H,23,25)/t15-,20-/m0/s1. The number of hydrogen-bond donors (Lipinski definition) is 2. The third-order valence-corrected chi connectivity index (χ3v) is 4.35. The van der Waals surface area contributed by atoms with Crippen LogP contribution in [-0.4, -0.2) is 11.8 Å². The number of para-hydroxylation sites is 1. The van der Waals surface area contributed by atoms with E-state index in [0.29, 0.717) is 5.92 Å². The molecule has 4 heteroatoms. The summed E-state index contributed by atoms with van der Waals surface area (Å²) < 4.78 is 0. The number of nitrogens with one attached hydrogen (secondary N) is 2. The van der Waals surface area contributed by atoms with Crippen LogP contribution in [0.5, 0.6) is 0 Å². The fraction of sp³-hybridized carbons (Fsp3) is 0.333. The molecular formula is C21H26N2O2. The SMILES string of the molecule is CC[C@H](C)c1ccccc1NC(=O)C[C@H](NC(C)=O)c1ccccc1. The minimum Gasteiger partial charge on any atom is -0.349 e. The van der Waals surface area contributed by atoms with Crippen LogP contribution in [-0.2, 0) is 9.59 Å². The van der Waals surface area contributed by atoms with Gasteiger partial charge in [0.2, 0.25) is 11.8 Å². The van der Waals surface area contributed by atoms with Crippen molar-refractivity contribution >= 4 is 17.5 Å². The molecule has 0 saturated carbocycles. The molecule has 0 aliphatic carbocycles. The Kier molecular flexibility index (Phi) is 6.75. The summed E-state index contributed by atoms with van der Waals surface area (Å²) in [7, 11) is 0. The van der Waals surface area contributed by atoms with E-state index in [1.54, 1.807) is 0 Å². The first kappa shape index (κ1) is 18.7. The number of amides is 2. The Morgan fingerprint density at radius 2 is 1.64 bits per heavy atom. The zero-order valence-electron chi connectivity index (χ0n) is 15.1. The lowest BCUT2D eigenvalue weighted by molar-refractivity contribution is -0.120. The highest BCUT2D eigenvalue weighted by Gasteiger charge is 2.18. The number of carbonyl (C=O) groups is 2. The molecule has 0 radical (unpaired) electrons. The van der Waals surface area contributed by atoms with Gasteiger partial charge in [-0.25, -0.2) is 0 Å². The average Bonchev–Trinajstić information content (AvgIpc) is 2.61. The summed E-state index contributed by atoms with van der Waals surface area (Å²) in [5.41, 5.74) is 2.90. The first-order valence-corrected chi connectivity index (χ1v) is 8.72. The van der Waals surface area contributed by atoms with Gasteiger partial charge in [-0.3, -0.25) is 9.59 Å². The van der Waals surface area contributed by atoms with Crippen LogP contribution in [0.4, 0.5) is 5.69 Å². The third kappa shape index (κ3) is 5.45. The average molecular weight is 338 g/mol. The zero-order chi connectivity index (χ0) is 18.2. The lowest BCUT2D eigenvalue weighted by Gasteiger charge is -2.20. The molecule has 0 fully saturated rings. The van der Waals surface area contributed by atoms with E-state index in [1.807, 2.05) is 54.6 Å². The molecule has 0 unspecified atom stereocenters. The molecule has 2 amide bonds. The van der Waals surface area contributed by atoms with Gasteiger partial charge in [-0.05, 0) is 29.5 Å². The molecule has 0 saturated heterocycles. The number of hydrogen-bond acceptors (Lipinski definition) is 2. The van der Waals surface area contributed by atoms with Crippen molar-refractivity contribution in [1.82, 2.24) is 5.32 Å². The molecular weight excluding hydrogens is 312 g/mol. The van der Waals surface area contributed by atoms with E-state index >= 15 is 0 Å². The zero-order valence-corrected chi connectivity index (χ0v) is 15.1. The Labute approximate surface area is 149 Å². The fourth-order valence-electron chi connectivity index (χ4n) is 2.83. The normalized spacial score (nSPS) is 12.9. The van der Waals surface area contributed by atoms with Gasteiger partial charge < -0.3 is 10.6 Å². The van der Waals surface area contributed by atoms with Gasteiger partial charge in [-0.1, -0.05) is 62.4 Å². The third-order valence-electron chi connectivity index (χ3n) is 4.35. The molecule has 0 spiro atoms. The summed E-state index contributed by atoms with van der Waals surface area (Å²) in [5.74, 6) is 0.108. The van der Waals surface area contributed by atoms with Crippen molar-refractivity contribution in [3.63, 3.8) is 0 Å². The van der Waals surface area contributed by atoms with E-state index in [9.17, 15) is 9.59 Å². The van der Waals surface area contributed by atoms with Gasteiger partial charge in [0, 0.05) is 12.6 Å². The number of benzene rings is 2. The molecule has 25 heavy (non-hydrogen) atoms. The van der Waals surface area contributed by atoms with Crippen LogP contribution in [0.15, 0.2) is 54.6 Å². The van der Waals surface area contributed by atoms with Gasteiger partial charge in [0.15, 0.2) is 0 Å². The number of rotatable bonds is 7.